The van der Waals surface area contributed by atoms with Crippen molar-refractivity contribution in [2.24, 2.45) is 17.6 Å². The Morgan fingerprint density at radius 2 is 1.85 bits per heavy atom. The Morgan fingerprint density at radius 1 is 1.25 bits per heavy atom. The molecule has 116 valence electrons. The molecule has 0 radical (unpaired) electrons. The van der Waals surface area contributed by atoms with Crippen molar-refractivity contribution < 1.29 is 9.53 Å². The van der Waals surface area contributed by atoms with E-state index < -0.39 is 5.54 Å². The van der Waals surface area contributed by atoms with E-state index in [0.29, 0.717) is 18.5 Å². The number of likely N-dealkylation sites (N-methyl/N-ethyl adjacent to an activating group) is 1. The Bertz CT molecular complexity index is 335. The van der Waals surface area contributed by atoms with E-state index in [1.165, 1.54) is 39.2 Å². The van der Waals surface area contributed by atoms with Crippen LogP contribution in [0, 0.1) is 11.8 Å². The molecule has 0 aromatic rings. The summed E-state index contributed by atoms with van der Waals surface area (Å²) in [6, 6.07) is 0.573. The van der Waals surface area contributed by atoms with E-state index in [-0.39, 0.29) is 5.97 Å². The molecule has 1 unspecified atom stereocenters. The molecule has 0 aliphatic heterocycles. The van der Waals surface area contributed by atoms with Crippen LogP contribution < -0.4 is 5.73 Å². The van der Waals surface area contributed by atoms with Gasteiger partial charge in [0.15, 0.2) is 0 Å². The SMILES string of the molecule is CCC1CCC(N(C)CC(N)(C(=O)OC)C2CC2)CC1. The molecule has 0 aromatic carbocycles. The van der Waals surface area contributed by atoms with Gasteiger partial charge in [0, 0.05) is 12.6 Å². The zero-order valence-electron chi connectivity index (χ0n) is 13.2. The first-order valence-corrected chi connectivity index (χ1v) is 8.08. The van der Waals surface area contributed by atoms with E-state index in [1.54, 1.807) is 0 Å². The highest BCUT2D eigenvalue weighted by Gasteiger charge is 2.50. The van der Waals surface area contributed by atoms with Gasteiger partial charge in [0.2, 0.25) is 0 Å². The number of methoxy groups -OCH3 is 1. The molecule has 2 rings (SSSR count). The fraction of sp³-hybridized carbons (Fsp3) is 0.938. The van der Waals surface area contributed by atoms with Gasteiger partial charge >= 0.3 is 5.97 Å². The van der Waals surface area contributed by atoms with Crippen LogP contribution in [0.25, 0.3) is 0 Å². The van der Waals surface area contributed by atoms with Crippen LogP contribution in [0.15, 0.2) is 0 Å². The standard InChI is InChI=1S/C16H30N2O2/c1-4-12-5-9-14(10-6-12)18(2)11-16(17,13-7-8-13)15(19)20-3/h12-14H,4-11,17H2,1-3H3. The predicted molar refractivity (Wildman–Crippen MR) is 80.3 cm³/mol. The van der Waals surface area contributed by atoms with Crippen LogP contribution in [-0.4, -0.2) is 43.2 Å². The van der Waals surface area contributed by atoms with E-state index in [2.05, 4.69) is 18.9 Å². The summed E-state index contributed by atoms with van der Waals surface area (Å²) < 4.78 is 4.95. The van der Waals surface area contributed by atoms with Crippen molar-refractivity contribution in [3.05, 3.63) is 0 Å². The lowest BCUT2D eigenvalue weighted by Gasteiger charge is -2.38. The van der Waals surface area contributed by atoms with E-state index >= 15 is 0 Å². The summed E-state index contributed by atoms with van der Waals surface area (Å²) in [6.07, 6.45) is 8.49. The number of hydrogen-bond acceptors (Lipinski definition) is 4. The quantitative estimate of drug-likeness (QED) is 0.759. The van der Waals surface area contributed by atoms with Crippen molar-refractivity contribution in [1.29, 1.82) is 0 Å². The van der Waals surface area contributed by atoms with Crippen molar-refractivity contribution >= 4 is 5.97 Å². The van der Waals surface area contributed by atoms with Gasteiger partial charge in [-0.1, -0.05) is 13.3 Å². The Kier molecular flexibility index (Phi) is 5.08. The molecule has 20 heavy (non-hydrogen) atoms. The zero-order valence-corrected chi connectivity index (χ0v) is 13.2. The summed E-state index contributed by atoms with van der Waals surface area (Å²) >= 11 is 0. The molecule has 0 saturated heterocycles. The normalized spacial score (nSPS) is 30.1. The first-order valence-electron chi connectivity index (χ1n) is 8.08. The van der Waals surface area contributed by atoms with E-state index in [1.807, 2.05) is 0 Å². The van der Waals surface area contributed by atoms with Crippen LogP contribution in [0.4, 0.5) is 0 Å². The lowest BCUT2D eigenvalue weighted by Crippen LogP contribution is -2.59. The van der Waals surface area contributed by atoms with Gasteiger partial charge in [-0.3, -0.25) is 4.79 Å². The minimum absolute atomic E-state index is 0.242. The number of nitrogens with two attached hydrogens (primary N) is 1. The molecular formula is C16H30N2O2. The predicted octanol–water partition coefficient (Wildman–Crippen LogP) is 2.17. The zero-order chi connectivity index (χ0) is 14.8. The van der Waals surface area contributed by atoms with E-state index in [9.17, 15) is 4.79 Å². The third-order valence-electron chi connectivity index (χ3n) is 5.40. The number of esters is 1. The minimum atomic E-state index is -0.800. The smallest absolute Gasteiger partial charge is 0.327 e. The van der Waals surface area contributed by atoms with Gasteiger partial charge in [-0.15, -0.1) is 0 Å². The van der Waals surface area contributed by atoms with Gasteiger partial charge in [0.05, 0.1) is 7.11 Å². The second kappa shape index (κ2) is 6.44. The van der Waals surface area contributed by atoms with Crippen LogP contribution in [0.3, 0.4) is 0 Å². The van der Waals surface area contributed by atoms with Crippen molar-refractivity contribution in [1.82, 2.24) is 4.90 Å². The van der Waals surface area contributed by atoms with Gasteiger partial charge in [-0.2, -0.15) is 0 Å². The lowest BCUT2D eigenvalue weighted by atomic mass is 9.83. The number of ether oxygens (including phenoxy) is 1. The molecule has 2 fully saturated rings. The molecule has 0 heterocycles. The van der Waals surface area contributed by atoms with Gasteiger partial charge < -0.3 is 15.4 Å². The summed E-state index contributed by atoms with van der Waals surface area (Å²) in [6.45, 7) is 2.91. The lowest BCUT2D eigenvalue weighted by molar-refractivity contribution is -0.149. The molecule has 0 spiro atoms. The highest BCUT2D eigenvalue weighted by Crippen LogP contribution is 2.40. The summed E-state index contributed by atoms with van der Waals surface area (Å²) in [7, 11) is 3.56. The molecule has 2 saturated carbocycles. The Labute approximate surface area is 123 Å². The molecule has 0 amide bonds. The highest BCUT2D eigenvalue weighted by molar-refractivity contribution is 5.81. The van der Waals surface area contributed by atoms with Crippen molar-refractivity contribution in [3.63, 3.8) is 0 Å². The fourth-order valence-corrected chi connectivity index (χ4v) is 3.68. The van der Waals surface area contributed by atoms with Crippen molar-refractivity contribution in [2.75, 3.05) is 20.7 Å². The number of rotatable bonds is 6. The maximum absolute atomic E-state index is 12.1. The number of carbonyl (C=O) groups excluding carboxylic acids is 1. The molecular weight excluding hydrogens is 252 g/mol. The van der Waals surface area contributed by atoms with Gasteiger partial charge in [-0.25, -0.2) is 0 Å². The number of nitrogens with zero attached hydrogens (tertiary/aromatic N) is 1. The summed E-state index contributed by atoms with van der Waals surface area (Å²) in [5, 5.41) is 0. The third kappa shape index (κ3) is 3.34. The maximum Gasteiger partial charge on any atom is 0.327 e. The van der Waals surface area contributed by atoms with Crippen molar-refractivity contribution in [3.8, 4) is 0 Å². The molecule has 2 N–H and O–H groups in total. The van der Waals surface area contributed by atoms with Crippen LogP contribution in [0.1, 0.15) is 51.9 Å². The summed E-state index contributed by atoms with van der Waals surface area (Å²) in [4.78, 5) is 14.4. The largest absolute Gasteiger partial charge is 0.468 e. The average molecular weight is 282 g/mol. The molecule has 4 heteroatoms. The topological polar surface area (TPSA) is 55.6 Å². The Balaban J connectivity index is 1.92. The Morgan fingerprint density at radius 3 is 2.30 bits per heavy atom. The van der Waals surface area contributed by atoms with E-state index in [0.717, 1.165) is 18.8 Å². The second-order valence-electron chi connectivity index (χ2n) is 6.80. The summed E-state index contributed by atoms with van der Waals surface area (Å²) in [5.74, 6) is 0.963. The molecule has 2 aliphatic rings. The van der Waals surface area contributed by atoms with Crippen LogP contribution >= 0.6 is 0 Å². The van der Waals surface area contributed by atoms with Gasteiger partial charge in [0.1, 0.15) is 5.54 Å². The fourth-order valence-electron chi connectivity index (χ4n) is 3.68. The third-order valence-corrected chi connectivity index (χ3v) is 5.40. The molecule has 0 aromatic heterocycles. The van der Waals surface area contributed by atoms with E-state index in [4.69, 9.17) is 10.5 Å². The van der Waals surface area contributed by atoms with Gasteiger partial charge in [-0.05, 0) is 57.4 Å². The van der Waals surface area contributed by atoms with Crippen LogP contribution in [0.2, 0.25) is 0 Å². The van der Waals surface area contributed by atoms with Crippen molar-refractivity contribution in [2.45, 2.75) is 63.5 Å². The molecule has 2 aliphatic carbocycles. The minimum Gasteiger partial charge on any atom is -0.468 e. The molecule has 0 bridgehead atoms. The van der Waals surface area contributed by atoms with Crippen LogP contribution in [-0.2, 0) is 9.53 Å². The first kappa shape index (κ1) is 15.8. The second-order valence-corrected chi connectivity index (χ2v) is 6.80. The maximum atomic E-state index is 12.1. The highest BCUT2D eigenvalue weighted by atomic mass is 16.5. The summed E-state index contributed by atoms with van der Waals surface area (Å²) in [5.41, 5.74) is 5.60. The monoisotopic (exact) mass is 282 g/mol. The molecule has 1 atom stereocenters. The van der Waals surface area contributed by atoms with Crippen LogP contribution in [0.5, 0.6) is 0 Å². The van der Waals surface area contributed by atoms with Gasteiger partial charge in [0.25, 0.3) is 0 Å². The number of hydrogen-bond donors (Lipinski definition) is 1. The average Bonchev–Trinajstić information content (AvgIpc) is 3.31. The number of carbonyl (C=O) groups is 1. The Hall–Kier alpha value is -0.610. The molecule has 4 nitrogen and oxygen atoms in total. The first-order chi connectivity index (χ1) is 9.51.